The molecule has 0 aromatic carbocycles. The zero-order valence-corrected chi connectivity index (χ0v) is 12.8. The van der Waals surface area contributed by atoms with Crippen molar-refractivity contribution >= 4 is 12.7 Å². The lowest BCUT2D eigenvalue weighted by Crippen LogP contribution is -2.41. The second-order valence-electron chi connectivity index (χ2n) is 6.18. The summed E-state index contributed by atoms with van der Waals surface area (Å²) in [6, 6.07) is 2.98. The highest BCUT2D eigenvalue weighted by Gasteiger charge is 2.52. The zero-order valence-electron chi connectivity index (χ0n) is 12.8. The Morgan fingerprint density at radius 3 is 2.05 bits per heavy atom. The molecule has 0 saturated carbocycles. The van der Waals surface area contributed by atoms with E-state index in [2.05, 4.69) is 4.98 Å². The highest BCUT2D eigenvalue weighted by atomic mass is 19.4. The van der Waals surface area contributed by atoms with Crippen LogP contribution in [0.2, 0.25) is 0 Å². The number of alkyl halides is 3. The summed E-state index contributed by atoms with van der Waals surface area (Å²) in [7, 11) is -0.887. The van der Waals surface area contributed by atoms with Gasteiger partial charge in [-0.3, -0.25) is 4.98 Å². The maximum absolute atomic E-state index is 13.1. The molecule has 1 aliphatic heterocycles. The van der Waals surface area contributed by atoms with Crippen LogP contribution in [-0.2, 0) is 21.9 Å². The quantitative estimate of drug-likeness (QED) is 0.787. The summed E-state index contributed by atoms with van der Waals surface area (Å²) in [5, 5.41) is 0. The molecule has 1 saturated heterocycles. The average molecular weight is 301 g/mol. The van der Waals surface area contributed by atoms with E-state index in [1.54, 1.807) is 6.92 Å². The van der Waals surface area contributed by atoms with Gasteiger partial charge in [0, 0.05) is 0 Å². The second kappa shape index (κ2) is 4.99. The molecule has 1 aliphatic rings. The molecular weight excluding hydrogens is 282 g/mol. The number of hydrogen-bond acceptors (Lipinski definition) is 3. The van der Waals surface area contributed by atoms with E-state index in [-0.39, 0.29) is 17.6 Å². The number of rotatable bonds is 2. The van der Waals surface area contributed by atoms with Gasteiger partial charge in [-0.05, 0) is 45.7 Å². The Hall–Kier alpha value is -1.08. The first-order chi connectivity index (χ1) is 9.48. The molecule has 3 nitrogen and oxygen atoms in total. The van der Waals surface area contributed by atoms with Gasteiger partial charge in [0.05, 0.1) is 16.8 Å². The fourth-order valence-corrected chi connectivity index (χ4v) is 2.13. The van der Waals surface area contributed by atoms with Crippen molar-refractivity contribution in [2.24, 2.45) is 0 Å². The van der Waals surface area contributed by atoms with Crippen LogP contribution in [0.4, 0.5) is 13.2 Å². The Morgan fingerprint density at radius 2 is 1.62 bits per heavy atom. The first kappa shape index (κ1) is 16.3. The van der Waals surface area contributed by atoms with Crippen molar-refractivity contribution < 1.29 is 22.5 Å². The third kappa shape index (κ3) is 2.94. The molecule has 2 rings (SSSR count). The Labute approximate surface area is 123 Å². The lowest BCUT2D eigenvalue weighted by Gasteiger charge is -2.32. The molecule has 21 heavy (non-hydrogen) atoms. The van der Waals surface area contributed by atoms with Crippen LogP contribution in [0.25, 0.3) is 0 Å². The molecule has 116 valence electrons. The predicted molar refractivity (Wildman–Crippen MR) is 74.3 cm³/mol. The van der Waals surface area contributed by atoms with Crippen molar-refractivity contribution in [2.45, 2.75) is 58.4 Å². The molecule has 0 spiro atoms. The maximum Gasteiger partial charge on any atom is 0.514 e. The van der Waals surface area contributed by atoms with Crippen LogP contribution in [0.5, 0.6) is 0 Å². The second-order valence-corrected chi connectivity index (χ2v) is 6.18. The Morgan fingerprint density at radius 1 is 1.10 bits per heavy atom. The first-order valence-corrected chi connectivity index (χ1v) is 6.90. The van der Waals surface area contributed by atoms with E-state index in [1.807, 2.05) is 27.7 Å². The summed E-state index contributed by atoms with van der Waals surface area (Å²) in [4.78, 5) is 3.75. The molecule has 0 N–H and O–H groups in total. The maximum atomic E-state index is 13.1. The molecule has 0 amide bonds. The topological polar surface area (TPSA) is 31.4 Å². The Balaban J connectivity index is 2.39. The van der Waals surface area contributed by atoms with E-state index >= 15 is 0 Å². The van der Waals surface area contributed by atoms with E-state index in [0.29, 0.717) is 0 Å². The molecule has 0 unspecified atom stereocenters. The van der Waals surface area contributed by atoms with Gasteiger partial charge in [-0.2, -0.15) is 13.2 Å². The summed E-state index contributed by atoms with van der Waals surface area (Å²) < 4.78 is 50.7. The zero-order chi connectivity index (χ0) is 16.1. The highest BCUT2D eigenvalue weighted by molar-refractivity contribution is 6.61. The minimum absolute atomic E-state index is 0.151. The Kier molecular flexibility index (Phi) is 3.87. The minimum Gasteiger partial charge on any atom is -0.398 e. The minimum atomic E-state index is -4.48. The molecule has 1 aromatic rings. The largest absolute Gasteiger partial charge is 0.514 e. The first-order valence-electron chi connectivity index (χ1n) is 6.90. The smallest absolute Gasteiger partial charge is 0.398 e. The number of aromatic nitrogens is 1. The summed E-state index contributed by atoms with van der Waals surface area (Å²) in [6.07, 6.45) is -4.21. The number of nitrogens with zero attached hydrogens (tertiary/aromatic N) is 1. The third-order valence-electron chi connectivity index (χ3n) is 4.14. The lowest BCUT2D eigenvalue weighted by molar-refractivity contribution is -0.141. The monoisotopic (exact) mass is 301 g/mol. The molecule has 0 bridgehead atoms. The fraction of sp³-hybridized carbons (Fsp3) is 0.643. The van der Waals surface area contributed by atoms with Gasteiger partial charge in [-0.1, -0.05) is 13.0 Å². The molecule has 0 radical (unpaired) electrons. The SMILES string of the molecule is CCc1ccc(B2OC(C)(C)C(C)(C)O2)nc1C(F)(F)F. The van der Waals surface area contributed by atoms with Gasteiger partial charge in [0.1, 0.15) is 5.69 Å². The molecule has 7 heteroatoms. The van der Waals surface area contributed by atoms with Crippen LogP contribution in [0.1, 0.15) is 45.9 Å². The summed E-state index contributed by atoms with van der Waals surface area (Å²) >= 11 is 0. The third-order valence-corrected chi connectivity index (χ3v) is 4.14. The van der Waals surface area contributed by atoms with Gasteiger partial charge < -0.3 is 9.31 Å². The van der Waals surface area contributed by atoms with Crippen LogP contribution < -0.4 is 5.59 Å². The van der Waals surface area contributed by atoms with E-state index in [0.717, 1.165) is 0 Å². The van der Waals surface area contributed by atoms with Crippen LogP contribution in [0.15, 0.2) is 12.1 Å². The van der Waals surface area contributed by atoms with E-state index in [1.165, 1.54) is 12.1 Å². The van der Waals surface area contributed by atoms with E-state index in [4.69, 9.17) is 9.31 Å². The van der Waals surface area contributed by atoms with Crippen molar-refractivity contribution in [1.29, 1.82) is 0 Å². The van der Waals surface area contributed by atoms with Crippen molar-refractivity contribution in [3.63, 3.8) is 0 Å². The molecule has 2 heterocycles. The van der Waals surface area contributed by atoms with Crippen molar-refractivity contribution in [3.05, 3.63) is 23.4 Å². The predicted octanol–water partition coefficient (Wildman–Crippen LogP) is 2.96. The average Bonchev–Trinajstić information content (AvgIpc) is 2.56. The highest BCUT2D eigenvalue weighted by Crippen LogP contribution is 2.37. The van der Waals surface area contributed by atoms with Gasteiger partial charge in [0.25, 0.3) is 0 Å². The molecule has 0 atom stereocenters. The van der Waals surface area contributed by atoms with Gasteiger partial charge in [0.15, 0.2) is 0 Å². The molecule has 0 aliphatic carbocycles. The summed E-state index contributed by atoms with van der Waals surface area (Å²) in [5.74, 6) is 0. The summed E-state index contributed by atoms with van der Waals surface area (Å²) in [6.45, 7) is 9.05. The van der Waals surface area contributed by atoms with Gasteiger partial charge in [-0.25, -0.2) is 0 Å². The van der Waals surface area contributed by atoms with E-state index < -0.39 is 30.2 Å². The Bertz CT molecular complexity index is 528. The molecular formula is C14H19BF3NO2. The summed E-state index contributed by atoms with van der Waals surface area (Å²) in [5.41, 5.74) is -1.76. The lowest BCUT2D eigenvalue weighted by atomic mass is 9.83. The van der Waals surface area contributed by atoms with Crippen LogP contribution >= 0.6 is 0 Å². The van der Waals surface area contributed by atoms with Crippen LogP contribution in [0, 0.1) is 0 Å². The van der Waals surface area contributed by atoms with E-state index in [9.17, 15) is 13.2 Å². The number of hydrogen-bond donors (Lipinski definition) is 0. The number of halogens is 3. The molecule has 1 fully saturated rings. The van der Waals surface area contributed by atoms with Crippen molar-refractivity contribution in [2.75, 3.05) is 0 Å². The normalized spacial score (nSPS) is 20.9. The standard InChI is InChI=1S/C14H19BF3NO2/c1-6-9-7-8-10(19-11(9)14(16,17)18)15-20-12(2,3)13(4,5)21-15/h7-8H,6H2,1-5H3. The molecule has 1 aromatic heterocycles. The van der Waals surface area contributed by atoms with Crippen molar-refractivity contribution in [3.8, 4) is 0 Å². The van der Waals surface area contributed by atoms with Crippen molar-refractivity contribution in [1.82, 2.24) is 4.98 Å². The number of pyridine rings is 1. The fourth-order valence-electron chi connectivity index (χ4n) is 2.13. The number of aryl methyl sites for hydroxylation is 1. The van der Waals surface area contributed by atoms with Gasteiger partial charge >= 0.3 is 13.3 Å². The van der Waals surface area contributed by atoms with Crippen LogP contribution in [0.3, 0.4) is 0 Å². The van der Waals surface area contributed by atoms with Gasteiger partial charge in [-0.15, -0.1) is 0 Å². The van der Waals surface area contributed by atoms with Gasteiger partial charge in [0.2, 0.25) is 0 Å². The van der Waals surface area contributed by atoms with Crippen LogP contribution in [-0.4, -0.2) is 23.3 Å².